The van der Waals surface area contributed by atoms with Gasteiger partial charge in [0, 0.05) is 37.0 Å². The van der Waals surface area contributed by atoms with Gasteiger partial charge >= 0.3 is 5.97 Å². The third-order valence-electron chi connectivity index (χ3n) is 11.9. The number of carboxylic acid groups (broad SMARTS) is 1. The van der Waals surface area contributed by atoms with E-state index < -0.39 is 110 Å². The van der Waals surface area contributed by atoms with Crippen molar-refractivity contribution in [3.8, 4) is 0 Å². The maximum atomic E-state index is 13.8. The first-order chi connectivity index (χ1) is 28.1. The number of rotatable bonds is 17. The van der Waals surface area contributed by atoms with E-state index in [9.17, 15) is 49.8 Å². The van der Waals surface area contributed by atoms with Gasteiger partial charge in [-0.25, -0.2) is 9.78 Å². The largest absolute Gasteiger partial charge is 0.479 e. The molecule has 1 aromatic rings. The minimum atomic E-state index is -1.66. The maximum absolute atomic E-state index is 13.8. The number of thiazole rings is 1. The monoisotopic (exact) mass is 858 g/mol. The van der Waals surface area contributed by atoms with E-state index in [-0.39, 0.29) is 50.1 Å². The summed E-state index contributed by atoms with van der Waals surface area (Å²) in [7, 11) is 0. The van der Waals surface area contributed by atoms with Crippen molar-refractivity contribution in [3.05, 3.63) is 16.1 Å². The zero-order chi connectivity index (χ0) is 43.0. The number of carbonyl (C=O) groups excluding carboxylic acids is 3. The number of hydrogen-bond acceptors (Lipinski definition) is 16. The number of carboxylic acids is 1. The molecular formula is C39H62N4O15S. The van der Waals surface area contributed by atoms with Crippen molar-refractivity contribution < 1.29 is 73.5 Å². The Morgan fingerprint density at radius 1 is 0.932 bits per heavy atom. The average molecular weight is 859 g/mol. The zero-order valence-corrected chi connectivity index (χ0v) is 34.8. The van der Waals surface area contributed by atoms with Gasteiger partial charge in [0.05, 0.1) is 24.9 Å². The lowest BCUT2D eigenvalue weighted by Crippen LogP contribution is -2.67. The number of amides is 3. The fraction of sp³-hybridized carbons (Fsp3) is 0.821. The van der Waals surface area contributed by atoms with E-state index in [0.29, 0.717) is 11.4 Å². The van der Waals surface area contributed by atoms with Gasteiger partial charge in [-0.2, -0.15) is 0 Å². The summed E-state index contributed by atoms with van der Waals surface area (Å²) in [6.45, 7) is 5.88. The van der Waals surface area contributed by atoms with Gasteiger partial charge in [-0.15, -0.1) is 11.3 Å². The van der Waals surface area contributed by atoms with Gasteiger partial charge in [-0.05, 0) is 44.9 Å². The first kappa shape index (κ1) is 47.2. The molecule has 15 atom stereocenters. The molecule has 0 aromatic carbocycles. The SMILES string of the molecule is CC[C@@H]1CC(C(=O)NCCNC(=O)c2nc(C)cs2)CC(O[C@@H]2O[C@@H](CO)C(O)C(O[C@@H](CC3CCCCC3)C(=O)O)C2NC(C)=O)C1OC1OC(C)C(O)C(O)C1O. The van der Waals surface area contributed by atoms with Crippen LogP contribution in [0.4, 0.5) is 0 Å². The van der Waals surface area contributed by atoms with Crippen molar-refractivity contribution >= 4 is 35.0 Å². The van der Waals surface area contributed by atoms with Gasteiger partial charge in [-0.1, -0.05) is 45.4 Å². The molecule has 59 heavy (non-hydrogen) atoms. The summed E-state index contributed by atoms with van der Waals surface area (Å²) in [6, 6.07) is -1.31. The Balaban J connectivity index is 1.39. The van der Waals surface area contributed by atoms with Crippen LogP contribution in [0.15, 0.2) is 5.38 Å². The number of aliphatic hydroxyl groups is 5. The molecule has 3 amide bonds. The molecule has 2 aliphatic carbocycles. The van der Waals surface area contributed by atoms with Crippen molar-refractivity contribution in [1.82, 2.24) is 20.9 Å². The molecule has 2 saturated heterocycles. The molecule has 4 aliphatic rings. The predicted octanol–water partition coefficient (Wildman–Crippen LogP) is -0.277. The molecule has 2 saturated carbocycles. The normalized spacial score (nSPS) is 36.0. The van der Waals surface area contributed by atoms with E-state index in [0.717, 1.165) is 37.8 Å². The van der Waals surface area contributed by atoms with Crippen LogP contribution in [0.2, 0.25) is 0 Å². The Kier molecular flexibility index (Phi) is 17.4. The van der Waals surface area contributed by atoms with Gasteiger partial charge in [0.2, 0.25) is 11.8 Å². The second-order valence-corrected chi connectivity index (χ2v) is 17.1. The summed E-state index contributed by atoms with van der Waals surface area (Å²) in [5.41, 5.74) is 0.718. The van der Waals surface area contributed by atoms with E-state index in [2.05, 4.69) is 20.9 Å². The molecule has 20 heteroatoms. The van der Waals surface area contributed by atoms with Crippen LogP contribution in [0.1, 0.15) is 94.1 Å². The fourth-order valence-corrected chi connectivity index (χ4v) is 9.33. The Morgan fingerprint density at radius 3 is 2.27 bits per heavy atom. The van der Waals surface area contributed by atoms with E-state index >= 15 is 0 Å². The summed E-state index contributed by atoms with van der Waals surface area (Å²) in [6.07, 6.45) is -10.7. The Bertz CT molecular complexity index is 1550. The summed E-state index contributed by atoms with van der Waals surface area (Å²) in [4.78, 5) is 55.7. The number of ether oxygens (including phenoxy) is 5. The molecule has 334 valence electrons. The van der Waals surface area contributed by atoms with Crippen LogP contribution in [0.25, 0.3) is 0 Å². The number of nitrogens with zero attached hydrogens (tertiary/aromatic N) is 1. The maximum Gasteiger partial charge on any atom is 0.332 e. The second-order valence-electron chi connectivity index (χ2n) is 16.2. The third kappa shape index (κ3) is 12.2. The van der Waals surface area contributed by atoms with E-state index in [1.54, 1.807) is 12.3 Å². The number of aryl methyl sites for hydroxylation is 1. The highest BCUT2D eigenvalue weighted by molar-refractivity contribution is 7.11. The third-order valence-corrected chi connectivity index (χ3v) is 12.8. The minimum Gasteiger partial charge on any atom is -0.479 e. The number of aliphatic carboxylic acids is 1. The van der Waals surface area contributed by atoms with Crippen LogP contribution in [0.5, 0.6) is 0 Å². The number of carbonyl (C=O) groups is 4. The van der Waals surface area contributed by atoms with Crippen LogP contribution in [-0.4, -0.2) is 159 Å². The van der Waals surface area contributed by atoms with Gasteiger partial charge in [0.1, 0.15) is 42.7 Å². The zero-order valence-electron chi connectivity index (χ0n) is 34.0. The number of hydrogen-bond donors (Lipinski definition) is 9. The van der Waals surface area contributed by atoms with Gasteiger partial charge in [0.25, 0.3) is 5.91 Å². The van der Waals surface area contributed by atoms with E-state index in [1.165, 1.54) is 25.2 Å². The molecule has 11 unspecified atom stereocenters. The molecule has 0 bridgehead atoms. The highest BCUT2D eigenvalue weighted by atomic mass is 32.1. The molecule has 4 fully saturated rings. The van der Waals surface area contributed by atoms with Crippen molar-refractivity contribution in [2.45, 2.75) is 165 Å². The Morgan fingerprint density at radius 2 is 1.64 bits per heavy atom. The molecule has 2 aliphatic heterocycles. The van der Waals surface area contributed by atoms with Gasteiger partial charge in [-0.3, -0.25) is 14.4 Å². The number of nitrogens with one attached hydrogen (secondary N) is 3. The van der Waals surface area contributed by atoms with E-state index in [4.69, 9.17) is 23.7 Å². The van der Waals surface area contributed by atoms with Crippen LogP contribution in [-0.2, 0) is 38.1 Å². The summed E-state index contributed by atoms with van der Waals surface area (Å²) in [5.74, 6) is -3.59. The van der Waals surface area contributed by atoms with Crippen LogP contribution in [0, 0.1) is 24.7 Å². The predicted molar refractivity (Wildman–Crippen MR) is 208 cm³/mol. The highest BCUT2D eigenvalue weighted by Crippen LogP contribution is 2.40. The second kappa shape index (κ2) is 21.8. The molecule has 3 heterocycles. The lowest BCUT2D eigenvalue weighted by atomic mass is 9.75. The van der Waals surface area contributed by atoms with Gasteiger partial charge in [0.15, 0.2) is 23.7 Å². The van der Waals surface area contributed by atoms with Crippen molar-refractivity contribution in [2.24, 2.45) is 17.8 Å². The smallest absolute Gasteiger partial charge is 0.332 e. The highest BCUT2D eigenvalue weighted by Gasteiger charge is 2.53. The summed E-state index contributed by atoms with van der Waals surface area (Å²) >= 11 is 1.21. The van der Waals surface area contributed by atoms with E-state index in [1.807, 2.05) is 6.92 Å². The number of aromatic nitrogens is 1. The van der Waals surface area contributed by atoms with Crippen LogP contribution >= 0.6 is 11.3 Å². The lowest BCUT2D eigenvalue weighted by Gasteiger charge is -2.49. The summed E-state index contributed by atoms with van der Waals surface area (Å²) in [5, 5.41) is 74.2. The molecule has 5 rings (SSSR count). The van der Waals surface area contributed by atoms with Crippen molar-refractivity contribution in [3.63, 3.8) is 0 Å². The molecule has 9 N–H and O–H groups in total. The Hall–Kier alpha value is -2.89. The first-order valence-electron chi connectivity index (χ1n) is 20.7. The number of aliphatic hydroxyl groups excluding tert-OH is 5. The minimum absolute atomic E-state index is 0.00868. The molecule has 0 radical (unpaired) electrons. The lowest BCUT2D eigenvalue weighted by molar-refractivity contribution is -0.338. The standard InChI is InChI=1S/C39H62N4O15S/c1-5-22-14-23(34(50)40-11-12-41-35(51)36-42-18(2)17-59-36)15-24(32(22)58-39-31(49)30(48)28(46)19(3)54-39)56-38-27(43-20(4)45)33(29(47)26(16-44)57-38)55-25(37(52)53)13-21-9-7-6-8-10-21/h17,19,21-33,38-39,44,46-49H,5-16H2,1-4H3,(H,40,50)(H,41,51)(H,43,45)(H,52,53)/t19?,22-,23?,24?,25+,26+,27?,28?,29?,30?,31?,32?,33?,38-,39?/m1/s1. The summed E-state index contributed by atoms with van der Waals surface area (Å²) < 4.78 is 31.0. The molecule has 1 aromatic heterocycles. The molecule has 0 spiro atoms. The first-order valence-corrected chi connectivity index (χ1v) is 21.6. The topological polar surface area (TPSA) is 285 Å². The molecule has 19 nitrogen and oxygen atoms in total. The molecular weight excluding hydrogens is 797 g/mol. The fourth-order valence-electron chi connectivity index (χ4n) is 8.62. The van der Waals surface area contributed by atoms with Crippen molar-refractivity contribution in [2.75, 3.05) is 19.7 Å². The van der Waals surface area contributed by atoms with Crippen LogP contribution in [0.3, 0.4) is 0 Å². The van der Waals surface area contributed by atoms with Crippen LogP contribution < -0.4 is 16.0 Å². The average Bonchev–Trinajstić information content (AvgIpc) is 3.66. The quantitative estimate of drug-likeness (QED) is 0.0912. The van der Waals surface area contributed by atoms with Gasteiger partial charge < -0.3 is 70.3 Å². The Labute approximate surface area is 347 Å². The van der Waals surface area contributed by atoms with Crippen molar-refractivity contribution in [1.29, 1.82) is 0 Å².